The van der Waals surface area contributed by atoms with Gasteiger partial charge in [-0.2, -0.15) is 0 Å². The normalized spacial score (nSPS) is 12.2. The van der Waals surface area contributed by atoms with Crippen molar-refractivity contribution in [1.29, 1.82) is 0 Å². The van der Waals surface area contributed by atoms with E-state index in [4.69, 9.17) is 17.3 Å². The highest BCUT2D eigenvalue weighted by molar-refractivity contribution is 6.31. The van der Waals surface area contributed by atoms with E-state index in [1.165, 1.54) is 18.2 Å². The number of nitrogens with one attached hydrogen (secondary N) is 1. The molecule has 0 aromatic heterocycles. The lowest BCUT2D eigenvalue weighted by molar-refractivity contribution is 0.600. The SMILES string of the molecule is CC(Nc1cc(F)c(Cl)cc1N)c1ccccc1F. The Hall–Kier alpha value is -1.81. The van der Waals surface area contributed by atoms with Crippen LogP contribution in [0.25, 0.3) is 0 Å². The predicted molar refractivity (Wildman–Crippen MR) is 74.3 cm³/mol. The molecule has 0 fully saturated rings. The third kappa shape index (κ3) is 2.96. The van der Waals surface area contributed by atoms with Gasteiger partial charge in [-0.05, 0) is 19.1 Å². The summed E-state index contributed by atoms with van der Waals surface area (Å²) in [5, 5.41) is 2.93. The van der Waals surface area contributed by atoms with Gasteiger partial charge in [0.05, 0.1) is 22.4 Å². The number of hydrogen-bond donors (Lipinski definition) is 2. The summed E-state index contributed by atoms with van der Waals surface area (Å²) in [4.78, 5) is 0. The molecule has 1 atom stereocenters. The topological polar surface area (TPSA) is 38.0 Å². The van der Waals surface area contributed by atoms with Crippen LogP contribution in [0.1, 0.15) is 18.5 Å². The first kappa shape index (κ1) is 13.6. The van der Waals surface area contributed by atoms with E-state index >= 15 is 0 Å². The molecular weight excluding hydrogens is 270 g/mol. The summed E-state index contributed by atoms with van der Waals surface area (Å²) in [7, 11) is 0. The van der Waals surface area contributed by atoms with Crippen LogP contribution in [0.2, 0.25) is 5.02 Å². The van der Waals surface area contributed by atoms with E-state index in [1.807, 2.05) is 0 Å². The van der Waals surface area contributed by atoms with Gasteiger partial charge in [-0.25, -0.2) is 8.78 Å². The second-order valence-corrected chi connectivity index (χ2v) is 4.65. The minimum Gasteiger partial charge on any atom is -0.397 e. The van der Waals surface area contributed by atoms with Crippen molar-refractivity contribution in [2.45, 2.75) is 13.0 Å². The van der Waals surface area contributed by atoms with Gasteiger partial charge in [0.15, 0.2) is 0 Å². The molecule has 0 saturated heterocycles. The van der Waals surface area contributed by atoms with Crippen LogP contribution in [0.15, 0.2) is 36.4 Å². The number of nitrogens with two attached hydrogens (primary N) is 1. The van der Waals surface area contributed by atoms with E-state index in [-0.39, 0.29) is 16.9 Å². The fourth-order valence-corrected chi connectivity index (χ4v) is 2.00. The van der Waals surface area contributed by atoms with Crippen LogP contribution < -0.4 is 11.1 Å². The smallest absolute Gasteiger partial charge is 0.143 e. The monoisotopic (exact) mass is 282 g/mol. The van der Waals surface area contributed by atoms with Gasteiger partial charge in [-0.1, -0.05) is 29.8 Å². The summed E-state index contributed by atoms with van der Waals surface area (Å²) in [6.45, 7) is 1.77. The Kier molecular flexibility index (Phi) is 3.90. The van der Waals surface area contributed by atoms with Crippen molar-refractivity contribution in [3.8, 4) is 0 Å². The van der Waals surface area contributed by atoms with Crippen LogP contribution in [0.3, 0.4) is 0 Å². The molecule has 19 heavy (non-hydrogen) atoms. The van der Waals surface area contributed by atoms with Gasteiger partial charge in [-0.3, -0.25) is 0 Å². The zero-order chi connectivity index (χ0) is 14.0. The van der Waals surface area contributed by atoms with Gasteiger partial charge in [0.25, 0.3) is 0 Å². The maximum Gasteiger partial charge on any atom is 0.143 e. The van der Waals surface area contributed by atoms with E-state index in [0.29, 0.717) is 16.9 Å². The van der Waals surface area contributed by atoms with Gasteiger partial charge in [0.2, 0.25) is 0 Å². The molecule has 0 bridgehead atoms. The number of hydrogen-bond acceptors (Lipinski definition) is 2. The first-order valence-electron chi connectivity index (χ1n) is 5.74. The second-order valence-electron chi connectivity index (χ2n) is 4.24. The lowest BCUT2D eigenvalue weighted by Gasteiger charge is -2.18. The molecule has 100 valence electrons. The van der Waals surface area contributed by atoms with Gasteiger partial charge < -0.3 is 11.1 Å². The summed E-state index contributed by atoms with van der Waals surface area (Å²) in [6.07, 6.45) is 0. The quantitative estimate of drug-likeness (QED) is 0.820. The van der Waals surface area contributed by atoms with Crippen LogP contribution in [-0.2, 0) is 0 Å². The lowest BCUT2D eigenvalue weighted by Crippen LogP contribution is -2.10. The molecule has 0 aliphatic heterocycles. The molecule has 0 saturated carbocycles. The van der Waals surface area contributed by atoms with Crippen molar-refractivity contribution < 1.29 is 8.78 Å². The molecule has 2 aromatic rings. The number of nitrogen functional groups attached to an aromatic ring is 1. The van der Waals surface area contributed by atoms with E-state index in [1.54, 1.807) is 25.1 Å². The molecule has 0 heterocycles. The Morgan fingerprint density at radius 2 is 1.84 bits per heavy atom. The standard InChI is InChI=1S/C14H13ClF2N2/c1-8(9-4-2-3-5-11(9)16)19-14-7-12(17)10(15)6-13(14)18/h2-8,19H,18H2,1H3. The Morgan fingerprint density at radius 1 is 1.16 bits per heavy atom. The van der Waals surface area contributed by atoms with Crippen LogP contribution in [0.4, 0.5) is 20.2 Å². The van der Waals surface area contributed by atoms with Crippen molar-refractivity contribution >= 4 is 23.0 Å². The summed E-state index contributed by atoms with van der Waals surface area (Å²) >= 11 is 5.62. The summed E-state index contributed by atoms with van der Waals surface area (Å²) in [5.41, 5.74) is 6.93. The van der Waals surface area contributed by atoms with Crippen LogP contribution in [-0.4, -0.2) is 0 Å². The van der Waals surface area contributed by atoms with Gasteiger partial charge >= 0.3 is 0 Å². The van der Waals surface area contributed by atoms with Gasteiger partial charge in [0, 0.05) is 11.6 Å². The van der Waals surface area contributed by atoms with Crippen LogP contribution in [0.5, 0.6) is 0 Å². The molecule has 5 heteroatoms. The van der Waals surface area contributed by atoms with Crippen molar-refractivity contribution in [3.63, 3.8) is 0 Å². The minimum absolute atomic E-state index is 0.0402. The lowest BCUT2D eigenvalue weighted by atomic mass is 10.1. The summed E-state index contributed by atoms with van der Waals surface area (Å²) in [5.74, 6) is -0.894. The third-order valence-corrected chi connectivity index (χ3v) is 3.13. The van der Waals surface area contributed by atoms with E-state index in [2.05, 4.69) is 5.32 Å². The average molecular weight is 283 g/mol. The van der Waals surface area contributed by atoms with Crippen LogP contribution >= 0.6 is 11.6 Å². The van der Waals surface area contributed by atoms with Crippen molar-refractivity contribution in [1.82, 2.24) is 0 Å². The van der Waals surface area contributed by atoms with E-state index in [9.17, 15) is 8.78 Å². The fourth-order valence-electron chi connectivity index (χ4n) is 1.82. The number of halogens is 3. The highest BCUT2D eigenvalue weighted by Crippen LogP contribution is 2.29. The summed E-state index contributed by atoms with van der Waals surface area (Å²) < 4.78 is 27.0. The number of anilines is 2. The molecule has 2 aromatic carbocycles. The summed E-state index contributed by atoms with van der Waals surface area (Å²) in [6, 6.07) is 8.57. The number of benzene rings is 2. The largest absolute Gasteiger partial charge is 0.397 e. The fraction of sp³-hybridized carbons (Fsp3) is 0.143. The minimum atomic E-state index is -0.570. The Labute approximate surface area is 115 Å². The molecule has 0 aliphatic carbocycles. The molecule has 2 nitrogen and oxygen atoms in total. The average Bonchev–Trinajstić information content (AvgIpc) is 2.36. The molecular formula is C14H13ClF2N2. The first-order chi connectivity index (χ1) is 8.99. The second kappa shape index (κ2) is 5.45. The highest BCUT2D eigenvalue weighted by atomic mass is 35.5. The maximum atomic E-state index is 13.6. The van der Waals surface area contributed by atoms with Gasteiger partial charge in [-0.15, -0.1) is 0 Å². The van der Waals surface area contributed by atoms with Crippen molar-refractivity contribution in [2.75, 3.05) is 11.1 Å². The molecule has 2 rings (SSSR count). The third-order valence-electron chi connectivity index (χ3n) is 2.84. The predicted octanol–water partition coefficient (Wildman–Crippen LogP) is 4.37. The molecule has 0 spiro atoms. The van der Waals surface area contributed by atoms with E-state index in [0.717, 1.165) is 0 Å². The Morgan fingerprint density at radius 3 is 2.53 bits per heavy atom. The number of rotatable bonds is 3. The Balaban J connectivity index is 2.27. The van der Waals surface area contributed by atoms with Gasteiger partial charge in [0.1, 0.15) is 11.6 Å². The first-order valence-corrected chi connectivity index (χ1v) is 6.12. The molecule has 3 N–H and O–H groups in total. The van der Waals surface area contributed by atoms with Crippen molar-refractivity contribution in [2.24, 2.45) is 0 Å². The Bertz CT molecular complexity index is 602. The van der Waals surface area contributed by atoms with E-state index < -0.39 is 5.82 Å². The molecule has 1 unspecified atom stereocenters. The van der Waals surface area contributed by atoms with Crippen molar-refractivity contribution in [3.05, 3.63) is 58.6 Å². The van der Waals surface area contributed by atoms with Crippen LogP contribution in [0, 0.1) is 11.6 Å². The highest BCUT2D eigenvalue weighted by Gasteiger charge is 2.13. The zero-order valence-electron chi connectivity index (χ0n) is 10.3. The molecule has 0 amide bonds. The maximum absolute atomic E-state index is 13.6. The molecule has 0 radical (unpaired) electrons. The zero-order valence-corrected chi connectivity index (χ0v) is 11.0. The molecule has 0 aliphatic rings.